The molecule has 0 spiro atoms. The Morgan fingerprint density at radius 3 is 1.73 bits per heavy atom. The molecule has 0 aliphatic rings. The third kappa shape index (κ3) is 5.50. The molecule has 0 saturated heterocycles. The zero-order valence-electron chi connectivity index (χ0n) is 10.1. The van der Waals surface area contributed by atoms with E-state index in [2.05, 4.69) is 20.8 Å². The monoisotopic (exact) mass is 214 g/mol. The van der Waals surface area contributed by atoms with Crippen LogP contribution in [0.15, 0.2) is 18.2 Å². The summed E-state index contributed by atoms with van der Waals surface area (Å²) in [5, 5.41) is 0. The van der Waals surface area contributed by atoms with Crippen molar-refractivity contribution in [2.24, 2.45) is 5.92 Å². The van der Waals surface area contributed by atoms with Crippen LogP contribution in [0.1, 0.15) is 46.1 Å². The number of hydrogen-bond acceptors (Lipinski definition) is 0. The van der Waals surface area contributed by atoms with E-state index in [1.807, 2.05) is 13.8 Å². The Morgan fingerprint density at radius 1 is 0.933 bits per heavy atom. The highest BCUT2D eigenvalue weighted by Crippen LogP contribution is 2.19. The molecule has 0 nitrogen and oxygen atoms in total. The minimum atomic E-state index is -0.767. The first-order chi connectivity index (χ1) is 6.86. The molecule has 15 heavy (non-hydrogen) atoms. The Labute approximate surface area is 91.3 Å². The van der Waals surface area contributed by atoms with Crippen molar-refractivity contribution in [3.63, 3.8) is 0 Å². The maximum Gasteiger partial charge on any atom is 0.162 e. The van der Waals surface area contributed by atoms with Crippen LogP contribution >= 0.6 is 0 Å². The van der Waals surface area contributed by atoms with E-state index in [4.69, 9.17) is 0 Å². The summed E-state index contributed by atoms with van der Waals surface area (Å²) < 4.78 is 25.4. The van der Waals surface area contributed by atoms with Crippen LogP contribution in [0.25, 0.3) is 0 Å². The van der Waals surface area contributed by atoms with E-state index in [0.29, 0.717) is 5.56 Å². The summed E-state index contributed by atoms with van der Waals surface area (Å²) >= 11 is 0. The summed E-state index contributed by atoms with van der Waals surface area (Å²) in [6, 6.07) is 4.25. The van der Waals surface area contributed by atoms with Crippen molar-refractivity contribution in [3.8, 4) is 0 Å². The third-order valence-electron chi connectivity index (χ3n) is 1.60. The molecule has 1 aromatic rings. The van der Waals surface area contributed by atoms with Crippen LogP contribution in [0.5, 0.6) is 0 Å². The van der Waals surface area contributed by atoms with Gasteiger partial charge in [-0.1, -0.05) is 46.8 Å². The van der Waals surface area contributed by atoms with Gasteiger partial charge in [0.1, 0.15) is 0 Å². The number of benzene rings is 1. The predicted molar refractivity (Wildman–Crippen MR) is 61.0 cm³/mol. The highest BCUT2D eigenvalue weighted by atomic mass is 19.2. The van der Waals surface area contributed by atoms with Gasteiger partial charge in [0.25, 0.3) is 0 Å². The number of rotatable bonds is 1. The molecule has 0 fully saturated rings. The molecule has 0 N–H and O–H groups in total. The molecule has 0 aromatic heterocycles. The van der Waals surface area contributed by atoms with E-state index in [-0.39, 0.29) is 5.92 Å². The van der Waals surface area contributed by atoms with Gasteiger partial charge in [-0.15, -0.1) is 0 Å². The first kappa shape index (κ1) is 14.1. The maximum atomic E-state index is 12.9. The van der Waals surface area contributed by atoms with Crippen LogP contribution in [0.3, 0.4) is 0 Å². The second-order valence-electron chi connectivity index (χ2n) is 4.53. The largest absolute Gasteiger partial charge is 0.204 e. The lowest BCUT2D eigenvalue weighted by Gasteiger charge is -2.05. The molecular formula is C13H20F2. The molecule has 0 radical (unpaired) electrons. The first-order valence-corrected chi connectivity index (χ1v) is 5.30. The lowest BCUT2D eigenvalue weighted by Crippen LogP contribution is -1.95. The predicted octanol–water partition coefficient (Wildman–Crippen LogP) is 4.75. The fraction of sp³-hybridized carbons (Fsp3) is 0.538. The molecule has 0 atom stereocenters. The van der Waals surface area contributed by atoms with E-state index in [9.17, 15) is 8.78 Å². The first-order valence-electron chi connectivity index (χ1n) is 5.30. The van der Waals surface area contributed by atoms with Crippen molar-refractivity contribution in [3.05, 3.63) is 35.4 Å². The Hall–Kier alpha value is -0.920. The minimum absolute atomic E-state index is 0.0331. The molecule has 2 heteroatoms. The zero-order valence-corrected chi connectivity index (χ0v) is 10.1. The van der Waals surface area contributed by atoms with Crippen LogP contribution in [0.4, 0.5) is 8.78 Å². The summed E-state index contributed by atoms with van der Waals surface area (Å²) in [6.07, 6.45) is 0. The molecule has 0 saturated carbocycles. The molecule has 0 heterocycles. The Balaban J connectivity index is 0.000000423. The highest BCUT2D eigenvalue weighted by molar-refractivity contribution is 5.21. The Bertz CT molecular complexity index is 288. The van der Waals surface area contributed by atoms with Gasteiger partial charge >= 0.3 is 0 Å². The van der Waals surface area contributed by atoms with E-state index < -0.39 is 11.6 Å². The molecule has 0 amide bonds. The summed E-state index contributed by atoms with van der Waals surface area (Å²) in [5.74, 6) is -0.621. The topological polar surface area (TPSA) is 0 Å². The van der Waals surface area contributed by atoms with E-state index in [1.165, 1.54) is 6.07 Å². The lowest BCUT2D eigenvalue weighted by molar-refractivity contribution is 0.494. The molecule has 1 aromatic carbocycles. The Kier molecular flexibility index (Phi) is 6.14. The van der Waals surface area contributed by atoms with Gasteiger partial charge in [0, 0.05) is 0 Å². The molecular weight excluding hydrogens is 194 g/mol. The van der Waals surface area contributed by atoms with E-state index in [0.717, 1.165) is 12.0 Å². The summed E-state index contributed by atoms with van der Waals surface area (Å²) in [7, 11) is 0. The van der Waals surface area contributed by atoms with Crippen molar-refractivity contribution < 1.29 is 8.78 Å². The van der Waals surface area contributed by atoms with Gasteiger partial charge in [0.05, 0.1) is 0 Å². The Morgan fingerprint density at radius 2 is 1.40 bits per heavy atom. The van der Waals surface area contributed by atoms with Gasteiger partial charge in [0.2, 0.25) is 0 Å². The van der Waals surface area contributed by atoms with Crippen molar-refractivity contribution in [1.82, 2.24) is 0 Å². The van der Waals surface area contributed by atoms with Gasteiger partial charge < -0.3 is 0 Å². The fourth-order valence-corrected chi connectivity index (χ4v) is 0.966. The minimum Gasteiger partial charge on any atom is -0.204 e. The van der Waals surface area contributed by atoms with Crippen LogP contribution in [0.2, 0.25) is 0 Å². The maximum absolute atomic E-state index is 12.9. The quantitative estimate of drug-likeness (QED) is 0.632. The van der Waals surface area contributed by atoms with Crippen LogP contribution in [-0.4, -0.2) is 0 Å². The van der Waals surface area contributed by atoms with Gasteiger partial charge in [-0.2, -0.15) is 0 Å². The van der Waals surface area contributed by atoms with Gasteiger partial charge in [-0.3, -0.25) is 0 Å². The van der Waals surface area contributed by atoms with Crippen molar-refractivity contribution >= 4 is 0 Å². The number of hydrogen-bond donors (Lipinski definition) is 0. The third-order valence-corrected chi connectivity index (χ3v) is 1.60. The molecule has 86 valence electrons. The molecule has 0 unspecified atom stereocenters. The smallest absolute Gasteiger partial charge is 0.162 e. The van der Waals surface area contributed by atoms with Crippen LogP contribution in [0, 0.1) is 17.6 Å². The van der Waals surface area contributed by atoms with E-state index >= 15 is 0 Å². The van der Waals surface area contributed by atoms with E-state index in [1.54, 1.807) is 6.07 Å². The van der Waals surface area contributed by atoms with Crippen molar-refractivity contribution in [1.29, 1.82) is 0 Å². The van der Waals surface area contributed by atoms with Gasteiger partial charge in [0.15, 0.2) is 11.6 Å². The summed E-state index contributed by atoms with van der Waals surface area (Å²) in [4.78, 5) is 0. The lowest BCUT2D eigenvalue weighted by atomic mass is 10.0. The molecule has 0 aliphatic heterocycles. The normalized spacial score (nSPS) is 10.2. The summed E-state index contributed by atoms with van der Waals surface area (Å²) in [6.45, 7) is 10.2. The average Bonchev–Trinajstić information content (AvgIpc) is 2.08. The average molecular weight is 214 g/mol. The SMILES string of the molecule is CC(C)C.CC(C)c1cccc(F)c1F. The van der Waals surface area contributed by atoms with Crippen LogP contribution < -0.4 is 0 Å². The molecule has 0 aliphatic carbocycles. The highest BCUT2D eigenvalue weighted by Gasteiger charge is 2.09. The van der Waals surface area contributed by atoms with Gasteiger partial charge in [-0.05, 0) is 23.5 Å². The number of halogens is 2. The molecule has 1 rings (SSSR count). The molecule has 0 bridgehead atoms. The second-order valence-corrected chi connectivity index (χ2v) is 4.53. The van der Waals surface area contributed by atoms with Gasteiger partial charge in [-0.25, -0.2) is 8.78 Å². The fourth-order valence-electron chi connectivity index (χ4n) is 0.966. The zero-order chi connectivity index (χ0) is 12.0. The summed E-state index contributed by atoms with van der Waals surface area (Å²) in [5.41, 5.74) is 0.435. The standard InChI is InChI=1S/C9H10F2.C4H10/c1-6(2)7-4-3-5-8(10)9(7)11;1-4(2)3/h3-6H,1-2H3;4H,1-3H3. The second kappa shape index (κ2) is 6.54. The van der Waals surface area contributed by atoms with Crippen LogP contribution in [-0.2, 0) is 0 Å². The van der Waals surface area contributed by atoms with Crippen molar-refractivity contribution in [2.45, 2.75) is 40.5 Å². The van der Waals surface area contributed by atoms with Crippen molar-refractivity contribution in [2.75, 3.05) is 0 Å².